The van der Waals surface area contributed by atoms with Crippen molar-refractivity contribution in [3.8, 4) is 0 Å². The molecule has 1 aliphatic heterocycles. The van der Waals surface area contributed by atoms with Crippen LogP contribution in [-0.2, 0) is 4.79 Å². The summed E-state index contributed by atoms with van der Waals surface area (Å²) in [6, 6.07) is 10.4. The van der Waals surface area contributed by atoms with Crippen LogP contribution >= 0.6 is 11.6 Å². The minimum Gasteiger partial charge on any atom is -0.360 e. The lowest BCUT2D eigenvalue weighted by Crippen LogP contribution is -3.19. The Morgan fingerprint density at radius 2 is 1.81 bits per heavy atom. The first-order valence-corrected chi connectivity index (χ1v) is 8.93. The number of nitrogens with zero attached hydrogens (tertiary/aromatic N) is 1. The molecule has 0 radical (unpaired) electrons. The Kier molecular flexibility index (Phi) is 5.74. The lowest BCUT2D eigenvalue weighted by molar-refractivity contribution is -0.914. The molecule has 0 aliphatic carbocycles. The number of carbonyl (C=O) groups is 1. The number of hydrogen-bond acceptors (Lipinski definition) is 2. The summed E-state index contributed by atoms with van der Waals surface area (Å²) in [5.41, 5.74) is 1.47. The summed E-state index contributed by atoms with van der Waals surface area (Å²) in [4.78, 5) is 15.8. The zero-order valence-electron chi connectivity index (χ0n) is 14.4. The van der Waals surface area contributed by atoms with Crippen molar-refractivity contribution >= 4 is 28.9 Å². The Morgan fingerprint density at radius 3 is 2.42 bits per heavy atom. The lowest BCUT2D eigenvalue weighted by atomic mass is 10.2. The Labute approximate surface area is 156 Å². The molecule has 1 heterocycles. The molecular formula is C19H21ClF2N3O+. The maximum Gasteiger partial charge on any atom is 0.282 e. The molecule has 4 nitrogen and oxygen atoms in total. The maximum atomic E-state index is 13.2. The molecule has 2 aromatic rings. The molecule has 1 saturated heterocycles. The monoisotopic (exact) mass is 380 g/mol. The summed E-state index contributed by atoms with van der Waals surface area (Å²) in [5.74, 6) is -0.887. The van der Waals surface area contributed by atoms with Gasteiger partial charge in [0, 0.05) is 11.4 Å². The first-order chi connectivity index (χ1) is 12.4. The largest absolute Gasteiger partial charge is 0.360 e. The number of quaternary nitrogens is 1. The van der Waals surface area contributed by atoms with Gasteiger partial charge in [-0.1, -0.05) is 11.6 Å². The summed E-state index contributed by atoms with van der Waals surface area (Å²) in [6.07, 6.45) is 0. The van der Waals surface area contributed by atoms with Crippen molar-refractivity contribution in [2.75, 3.05) is 36.4 Å². The zero-order valence-corrected chi connectivity index (χ0v) is 15.2. The minimum absolute atomic E-state index is 0.0179. The minimum atomic E-state index is -0.514. The molecule has 0 bridgehead atoms. The van der Waals surface area contributed by atoms with E-state index in [2.05, 4.69) is 10.2 Å². The summed E-state index contributed by atoms with van der Waals surface area (Å²) < 4.78 is 26.3. The van der Waals surface area contributed by atoms with E-state index < -0.39 is 5.82 Å². The van der Waals surface area contributed by atoms with Crippen LogP contribution in [0.3, 0.4) is 0 Å². The van der Waals surface area contributed by atoms with E-state index in [0.717, 1.165) is 31.9 Å². The van der Waals surface area contributed by atoms with Gasteiger partial charge in [0.2, 0.25) is 0 Å². The quantitative estimate of drug-likeness (QED) is 0.854. The number of piperazine rings is 1. The van der Waals surface area contributed by atoms with Gasteiger partial charge in [-0.05, 0) is 49.4 Å². The summed E-state index contributed by atoms with van der Waals surface area (Å²) in [6.45, 7) is 5.07. The Bertz CT molecular complexity index is 777. The predicted molar refractivity (Wildman–Crippen MR) is 98.8 cm³/mol. The molecule has 2 N–H and O–H groups in total. The van der Waals surface area contributed by atoms with Crippen molar-refractivity contribution in [2.45, 2.75) is 13.0 Å². The molecule has 0 aromatic heterocycles. The number of halogens is 3. The van der Waals surface area contributed by atoms with E-state index >= 15 is 0 Å². The van der Waals surface area contributed by atoms with Gasteiger partial charge in [0.05, 0.1) is 31.2 Å². The highest BCUT2D eigenvalue weighted by Crippen LogP contribution is 2.19. The molecule has 2 aromatic carbocycles. The molecule has 0 spiro atoms. The molecule has 0 unspecified atom stereocenters. The second-order valence-corrected chi connectivity index (χ2v) is 6.87. The standard InChI is InChI=1S/C19H20ClF2N3O/c1-13(19(26)23-15-4-7-18(22)17(20)12-15)24-8-10-25(11-9-24)16-5-2-14(21)3-6-16/h2-7,12-13H,8-11H2,1H3,(H,23,26)/p+1/t13-/m1/s1. The van der Waals surface area contributed by atoms with E-state index in [9.17, 15) is 13.6 Å². The van der Waals surface area contributed by atoms with Crippen molar-refractivity contribution in [3.63, 3.8) is 0 Å². The van der Waals surface area contributed by atoms with Gasteiger partial charge in [-0.15, -0.1) is 0 Å². The van der Waals surface area contributed by atoms with Crippen LogP contribution < -0.4 is 15.1 Å². The van der Waals surface area contributed by atoms with Gasteiger partial charge in [-0.2, -0.15) is 0 Å². The third kappa shape index (κ3) is 4.31. The molecule has 1 amide bonds. The van der Waals surface area contributed by atoms with Crippen LogP contribution in [0.5, 0.6) is 0 Å². The third-order valence-electron chi connectivity index (χ3n) is 4.79. The fourth-order valence-electron chi connectivity index (χ4n) is 3.15. The normalized spacial score (nSPS) is 16.4. The van der Waals surface area contributed by atoms with Crippen LogP contribution in [0.2, 0.25) is 5.02 Å². The highest BCUT2D eigenvalue weighted by atomic mass is 35.5. The summed E-state index contributed by atoms with van der Waals surface area (Å²) in [7, 11) is 0. The fourth-order valence-corrected chi connectivity index (χ4v) is 3.33. The molecule has 7 heteroatoms. The summed E-state index contributed by atoms with van der Waals surface area (Å²) >= 11 is 5.75. The van der Waals surface area contributed by atoms with Crippen LogP contribution in [0.15, 0.2) is 42.5 Å². The number of nitrogens with one attached hydrogen (secondary N) is 2. The van der Waals surface area contributed by atoms with Crippen LogP contribution in [0.1, 0.15) is 6.92 Å². The highest BCUT2D eigenvalue weighted by molar-refractivity contribution is 6.31. The first kappa shape index (κ1) is 18.6. The molecule has 138 valence electrons. The van der Waals surface area contributed by atoms with E-state index in [1.807, 2.05) is 6.92 Å². The van der Waals surface area contributed by atoms with Crippen LogP contribution in [0.25, 0.3) is 0 Å². The average Bonchev–Trinajstić information content (AvgIpc) is 2.65. The number of rotatable bonds is 4. The highest BCUT2D eigenvalue weighted by Gasteiger charge is 2.29. The molecular weight excluding hydrogens is 360 g/mol. The van der Waals surface area contributed by atoms with E-state index in [0.29, 0.717) is 5.69 Å². The van der Waals surface area contributed by atoms with Gasteiger partial charge in [0.15, 0.2) is 6.04 Å². The SMILES string of the molecule is C[C@H](C(=O)Nc1ccc(F)c(Cl)c1)[NH+]1CCN(c2ccc(F)cc2)CC1. The van der Waals surface area contributed by atoms with Crippen molar-refractivity contribution in [3.05, 3.63) is 59.1 Å². The zero-order chi connectivity index (χ0) is 18.7. The number of carbonyl (C=O) groups excluding carboxylic acids is 1. The van der Waals surface area contributed by atoms with Gasteiger partial charge in [-0.3, -0.25) is 4.79 Å². The van der Waals surface area contributed by atoms with Gasteiger partial charge >= 0.3 is 0 Å². The smallest absolute Gasteiger partial charge is 0.282 e. The maximum absolute atomic E-state index is 13.2. The molecule has 26 heavy (non-hydrogen) atoms. The predicted octanol–water partition coefficient (Wildman–Crippen LogP) is 2.35. The van der Waals surface area contributed by atoms with Crippen LogP contribution in [0.4, 0.5) is 20.2 Å². The lowest BCUT2D eigenvalue weighted by Gasteiger charge is -2.36. The molecule has 1 atom stereocenters. The van der Waals surface area contributed by atoms with Crippen molar-refractivity contribution in [1.29, 1.82) is 0 Å². The fraction of sp³-hybridized carbons (Fsp3) is 0.316. The number of hydrogen-bond donors (Lipinski definition) is 2. The Balaban J connectivity index is 1.55. The topological polar surface area (TPSA) is 36.8 Å². The van der Waals surface area contributed by atoms with E-state index in [-0.39, 0.29) is 22.8 Å². The first-order valence-electron chi connectivity index (χ1n) is 8.55. The van der Waals surface area contributed by atoms with Gasteiger partial charge in [0.25, 0.3) is 5.91 Å². The van der Waals surface area contributed by atoms with Gasteiger partial charge < -0.3 is 15.1 Å². The number of anilines is 2. The molecule has 3 rings (SSSR count). The Hall–Kier alpha value is -2.18. The molecule has 1 fully saturated rings. The van der Waals surface area contributed by atoms with Gasteiger partial charge in [-0.25, -0.2) is 8.78 Å². The number of amides is 1. The van der Waals surface area contributed by atoms with E-state index in [1.165, 1.54) is 35.2 Å². The second kappa shape index (κ2) is 8.01. The van der Waals surface area contributed by atoms with Crippen molar-refractivity contribution in [2.24, 2.45) is 0 Å². The second-order valence-electron chi connectivity index (χ2n) is 6.46. The molecule has 0 saturated carbocycles. The van der Waals surface area contributed by atoms with Gasteiger partial charge in [0.1, 0.15) is 11.6 Å². The third-order valence-corrected chi connectivity index (χ3v) is 5.08. The Morgan fingerprint density at radius 1 is 1.15 bits per heavy atom. The molecule has 1 aliphatic rings. The number of benzene rings is 2. The summed E-state index contributed by atoms with van der Waals surface area (Å²) in [5, 5.41) is 2.77. The van der Waals surface area contributed by atoms with Crippen LogP contribution in [-0.4, -0.2) is 38.1 Å². The van der Waals surface area contributed by atoms with E-state index in [1.54, 1.807) is 12.1 Å². The van der Waals surface area contributed by atoms with Crippen molar-refractivity contribution in [1.82, 2.24) is 0 Å². The van der Waals surface area contributed by atoms with E-state index in [4.69, 9.17) is 11.6 Å². The average molecular weight is 381 g/mol. The van der Waals surface area contributed by atoms with Crippen molar-refractivity contribution < 1.29 is 18.5 Å². The van der Waals surface area contributed by atoms with Crippen LogP contribution in [0, 0.1) is 11.6 Å².